The number of nitrogens with one attached hydrogen (secondary N) is 1. The van der Waals surface area contributed by atoms with Gasteiger partial charge in [-0.1, -0.05) is 54.1 Å². The number of halogens is 1. The van der Waals surface area contributed by atoms with Crippen molar-refractivity contribution in [2.75, 3.05) is 11.9 Å². The standard InChI is InChI=1S/C21H20ClN5O2/c1-25(12-14-6-4-3-5-7-14)20-23-18-17(19(28)24-21(29)26(18)2)27(20)13-15-8-10-16(22)11-9-15/h3-11H,12-13H2,1-2H3,(H,24,28,29). The van der Waals surface area contributed by atoms with Crippen molar-refractivity contribution < 1.29 is 0 Å². The Balaban J connectivity index is 1.86. The quantitative estimate of drug-likeness (QED) is 0.550. The fourth-order valence-electron chi connectivity index (χ4n) is 3.36. The fraction of sp³-hybridized carbons (Fsp3) is 0.190. The summed E-state index contributed by atoms with van der Waals surface area (Å²) in [5, 5.41) is 0.644. The summed E-state index contributed by atoms with van der Waals surface area (Å²) >= 11 is 6.00. The Kier molecular flexibility index (Phi) is 4.98. The van der Waals surface area contributed by atoms with Gasteiger partial charge in [0.15, 0.2) is 11.2 Å². The van der Waals surface area contributed by atoms with Gasteiger partial charge in [0, 0.05) is 25.7 Å². The van der Waals surface area contributed by atoms with Crippen molar-refractivity contribution in [3.05, 3.63) is 91.6 Å². The number of hydrogen-bond donors (Lipinski definition) is 1. The highest BCUT2D eigenvalue weighted by molar-refractivity contribution is 6.30. The van der Waals surface area contributed by atoms with Crippen LogP contribution in [-0.2, 0) is 20.1 Å². The second-order valence-corrected chi connectivity index (χ2v) is 7.39. The number of nitrogens with zero attached hydrogens (tertiary/aromatic N) is 4. The van der Waals surface area contributed by atoms with Crippen LogP contribution in [0.5, 0.6) is 0 Å². The monoisotopic (exact) mass is 409 g/mol. The molecule has 0 unspecified atom stereocenters. The van der Waals surface area contributed by atoms with Gasteiger partial charge in [0.25, 0.3) is 5.56 Å². The molecular formula is C21H20ClN5O2. The predicted molar refractivity (Wildman–Crippen MR) is 115 cm³/mol. The second kappa shape index (κ2) is 7.60. The van der Waals surface area contributed by atoms with Crippen molar-refractivity contribution in [2.24, 2.45) is 7.05 Å². The van der Waals surface area contributed by atoms with Crippen molar-refractivity contribution in [3.8, 4) is 0 Å². The second-order valence-electron chi connectivity index (χ2n) is 6.96. The first-order chi connectivity index (χ1) is 13.9. The van der Waals surface area contributed by atoms with Gasteiger partial charge in [0.2, 0.25) is 5.95 Å². The van der Waals surface area contributed by atoms with Gasteiger partial charge in [0.05, 0.1) is 6.54 Å². The third kappa shape index (κ3) is 3.69. The lowest BCUT2D eigenvalue weighted by atomic mass is 10.2. The Hall–Kier alpha value is -3.32. The smallest absolute Gasteiger partial charge is 0.329 e. The minimum Gasteiger partial charge on any atom is -0.341 e. The number of hydrogen-bond acceptors (Lipinski definition) is 4. The number of rotatable bonds is 5. The van der Waals surface area contributed by atoms with Crippen LogP contribution in [0.4, 0.5) is 5.95 Å². The van der Waals surface area contributed by atoms with Crippen molar-refractivity contribution in [1.82, 2.24) is 19.1 Å². The van der Waals surface area contributed by atoms with Crippen LogP contribution in [0.15, 0.2) is 64.2 Å². The molecule has 0 amide bonds. The molecule has 7 nitrogen and oxygen atoms in total. The van der Waals surface area contributed by atoms with Crippen molar-refractivity contribution >= 4 is 28.7 Å². The normalized spacial score (nSPS) is 11.1. The van der Waals surface area contributed by atoms with Crippen LogP contribution in [0.3, 0.4) is 0 Å². The maximum absolute atomic E-state index is 12.6. The number of H-pyrrole nitrogens is 1. The molecule has 8 heteroatoms. The average Bonchev–Trinajstić information content (AvgIpc) is 3.09. The molecule has 0 spiro atoms. The molecule has 0 radical (unpaired) electrons. The fourth-order valence-corrected chi connectivity index (χ4v) is 3.49. The van der Waals surface area contributed by atoms with Crippen LogP contribution >= 0.6 is 11.6 Å². The van der Waals surface area contributed by atoms with E-state index in [4.69, 9.17) is 11.6 Å². The summed E-state index contributed by atoms with van der Waals surface area (Å²) in [6, 6.07) is 17.4. The van der Waals surface area contributed by atoms with Crippen LogP contribution in [-0.4, -0.2) is 26.1 Å². The Morgan fingerprint density at radius 1 is 1.03 bits per heavy atom. The summed E-state index contributed by atoms with van der Waals surface area (Å²) in [6.07, 6.45) is 0. The van der Waals surface area contributed by atoms with E-state index in [1.807, 2.05) is 71.1 Å². The van der Waals surface area contributed by atoms with Crippen LogP contribution in [0.25, 0.3) is 11.2 Å². The van der Waals surface area contributed by atoms with Gasteiger partial charge in [-0.25, -0.2) is 4.79 Å². The number of aromatic amines is 1. The zero-order valence-corrected chi connectivity index (χ0v) is 16.8. The van der Waals surface area contributed by atoms with Crippen LogP contribution in [0, 0.1) is 0 Å². The van der Waals surface area contributed by atoms with E-state index in [1.165, 1.54) is 4.57 Å². The Labute approximate surface area is 171 Å². The minimum atomic E-state index is -0.490. The minimum absolute atomic E-state index is 0.350. The third-order valence-electron chi connectivity index (χ3n) is 4.84. The van der Waals surface area contributed by atoms with Gasteiger partial charge in [-0.05, 0) is 23.3 Å². The van der Waals surface area contributed by atoms with Crippen LogP contribution in [0.2, 0.25) is 5.02 Å². The summed E-state index contributed by atoms with van der Waals surface area (Å²) in [5.41, 5.74) is 1.85. The van der Waals surface area contributed by atoms with Gasteiger partial charge in [0.1, 0.15) is 0 Å². The molecule has 0 saturated heterocycles. The average molecular weight is 410 g/mol. The van der Waals surface area contributed by atoms with Gasteiger partial charge in [-0.15, -0.1) is 0 Å². The number of imidazole rings is 1. The number of fused-ring (bicyclic) bond motifs is 1. The topological polar surface area (TPSA) is 75.9 Å². The third-order valence-corrected chi connectivity index (χ3v) is 5.10. The molecule has 0 aliphatic carbocycles. The van der Waals surface area contributed by atoms with E-state index in [-0.39, 0.29) is 0 Å². The molecule has 0 bridgehead atoms. The maximum atomic E-state index is 12.6. The number of anilines is 1. The number of benzene rings is 2. The summed E-state index contributed by atoms with van der Waals surface area (Å²) in [4.78, 5) is 33.7. The van der Waals surface area contributed by atoms with E-state index in [1.54, 1.807) is 7.05 Å². The molecule has 4 aromatic rings. The molecule has 0 aliphatic heterocycles. The van der Waals surface area contributed by atoms with Gasteiger partial charge >= 0.3 is 5.69 Å². The predicted octanol–water partition coefficient (Wildman–Crippen LogP) is 2.76. The zero-order chi connectivity index (χ0) is 20.5. The SMILES string of the molecule is CN(Cc1ccccc1)c1nc2c(c(=O)[nH]c(=O)n2C)n1Cc1ccc(Cl)cc1. The van der Waals surface area contributed by atoms with E-state index in [0.717, 1.165) is 11.1 Å². The van der Waals surface area contributed by atoms with E-state index < -0.39 is 11.2 Å². The first kappa shape index (κ1) is 19.0. The van der Waals surface area contributed by atoms with Gasteiger partial charge in [-0.3, -0.25) is 18.9 Å². The first-order valence-corrected chi connectivity index (χ1v) is 9.51. The van der Waals surface area contributed by atoms with Crippen molar-refractivity contribution in [3.63, 3.8) is 0 Å². The molecule has 0 aliphatic rings. The van der Waals surface area contributed by atoms with E-state index in [2.05, 4.69) is 9.97 Å². The number of aromatic nitrogens is 4. The highest BCUT2D eigenvalue weighted by Crippen LogP contribution is 2.22. The summed E-state index contributed by atoms with van der Waals surface area (Å²) in [5.74, 6) is 0.602. The molecule has 29 heavy (non-hydrogen) atoms. The van der Waals surface area contributed by atoms with Gasteiger partial charge < -0.3 is 4.90 Å². The molecule has 2 aromatic heterocycles. The molecule has 0 saturated carbocycles. The van der Waals surface area contributed by atoms with Crippen molar-refractivity contribution in [2.45, 2.75) is 13.1 Å². The highest BCUT2D eigenvalue weighted by atomic mass is 35.5. The van der Waals surface area contributed by atoms with E-state index >= 15 is 0 Å². The number of aryl methyl sites for hydroxylation is 1. The molecule has 0 fully saturated rings. The largest absolute Gasteiger partial charge is 0.341 e. The molecular weight excluding hydrogens is 390 g/mol. The Morgan fingerprint density at radius 3 is 2.41 bits per heavy atom. The summed E-state index contributed by atoms with van der Waals surface area (Å²) in [6.45, 7) is 1.03. The van der Waals surface area contributed by atoms with Crippen LogP contribution in [0.1, 0.15) is 11.1 Å². The Bertz CT molecular complexity index is 1270. The van der Waals surface area contributed by atoms with Crippen molar-refractivity contribution in [1.29, 1.82) is 0 Å². The highest BCUT2D eigenvalue weighted by Gasteiger charge is 2.20. The molecule has 2 heterocycles. The first-order valence-electron chi connectivity index (χ1n) is 9.13. The summed E-state index contributed by atoms with van der Waals surface area (Å²) < 4.78 is 3.19. The lowest BCUT2D eigenvalue weighted by molar-refractivity contribution is 0.763. The molecule has 148 valence electrons. The zero-order valence-electron chi connectivity index (χ0n) is 16.1. The maximum Gasteiger partial charge on any atom is 0.329 e. The van der Waals surface area contributed by atoms with Crippen LogP contribution < -0.4 is 16.1 Å². The van der Waals surface area contributed by atoms with E-state index in [0.29, 0.717) is 35.2 Å². The summed E-state index contributed by atoms with van der Waals surface area (Å²) in [7, 11) is 3.51. The molecule has 0 atom stereocenters. The van der Waals surface area contributed by atoms with E-state index in [9.17, 15) is 9.59 Å². The van der Waals surface area contributed by atoms with Gasteiger partial charge in [-0.2, -0.15) is 4.98 Å². The molecule has 1 N–H and O–H groups in total. The molecule has 4 rings (SSSR count). The molecule has 2 aromatic carbocycles. The lowest BCUT2D eigenvalue weighted by Crippen LogP contribution is -2.29. The Morgan fingerprint density at radius 2 is 1.72 bits per heavy atom. The lowest BCUT2D eigenvalue weighted by Gasteiger charge is -2.20.